The fourth-order valence-electron chi connectivity index (χ4n) is 2.15. The lowest BCUT2D eigenvalue weighted by atomic mass is 9.98. The van der Waals surface area contributed by atoms with Crippen molar-refractivity contribution in [3.8, 4) is 0 Å². The van der Waals surface area contributed by atoms with Gasteiger partial charge in [-0.2, -0.15) is 0 Å². The lowest BCUT2D eigenvalue weighted by Gasteiger charge is -2.42. The average Bonchev–Trinajstić information content (AvgIpc) is 2.25. The molecule has 2 amide bonds. The van der Waals surface area contributed by atoms with Crippen LogP contribution in [-0.4, -0.2) is 48.6 Å². The molecular formula is C12H22N2O3. The van der Waals surface area contributed by atoms with Gasteiger partial charge in [0.15, 0.2) is 0 Å². The number of ether oxygens (including phenoxy) is 1. The van der Waals surface area contributed by atoms with E-state index in [9.17, 15) is 9.59 Å². The molecule has 0 aromatic rings. The first kappa shape index (κ1) is 14.0. The summed E-state index contributed by atoms with van der Waals surface area (Å²) >= 11 is 0. The number of rotatable bonds is 4. The minimum absolute atomic E-state index is 0.0344. The second-order valence-electron chi connectivity index (χ2n) is 4.92. The second-order valence-corrected chi connectivity index (χ2v) is 4.92. The van der Waals surface area contributed by atoms with Crippen molar-refractivity contribution in [1.82, 2.24) is 10.2 Å². The first-order chi connectivity index (χ1) is 7.90. The maximum absolute atomic E-state index is 12.2. The summed E-state index contributed by atoms with van der Waals surface area (Å²) in [6.45, 7) is 7.98. The van der Waals surface area contributed by atoms with Crippen LogP contribution >= 0.6 is 0 Å². The van der Waals surface area contributed by atoms with Crippen LogP contribution < -0.4 is 5.32 Å². The third kappa shape index (κ3) is 2.77. The number of carbonyl (C=O) groups excluding carboxylic acids is 2. The Morgan fingerprint density at radius 2 is 1.94 bits per heavy atom. The molecule has 1 fully saturated rings. The summed E-state index contributed by atoms with van der Waals surface area (Å²) < 4.78 is 5.16. The van der Waals surface area contributed by atoms with Crippen LogP contribution in [0.2, 0.25) is 0 Å². The molecule has 5 heteroatoms. The molecule has 0 spiro atoms. The topological polar surface area (TPSA) is 58.6 Å². The molecule has 0 radical (unpaired) electrons. The lowest BCUT2D eigenvalue weighted by molar-refractivity contribution is -0.153. The summed E-state index contributed by atoms with van der Waals surface area (Å²) in [5, 5.41) is 2.67. The van der Waals surface area contributed by atoms with Gasteiger partial charge in [-0.1, -0.05) is 13.8 Å². The van der Waals surface area contributed by atoms with Crippen LogP contribution in [0, 0.1) is 5.92 Å². The Hall–Kier alpha value is -1.10. The zero-order valence-electron chi connectivity index (χ0n) is 11.2. The SMILES string of the molecule is COCC(C(C)C)N1C(=O)C(C)NC(=O)C1C. The van der Waals surface area contributed by atoms with Gasteiger partial charge in [0.05, 0.1) is 12.6 Å². The normalized spacial score (nSPS) is 27.3. The molecule has 3 unspecified atom stereocenters. The van der Waals surface area contributed by atoms with E-state index in [1.165, 1.54) is 0 Å². The van der Waals surface area contributed by atoms with Crippen molar-refractivity contribution in [3.63, 3.8) is 0 Å². The van der Waals surface area contributed by atoms with Gasteiger partial charge in [0, 0.05) is 7.11 Å². The minimum Gasteiger partial charge on any atom is -0.383 e. The van der Waals surface area contributed by atoms with E-state index in [2.05, 4.69) is 5.32 Å². The van der Waals surface area contributed by atoms with Crippen molar-refractivity contribution in [2.75, 3.05) is 13.7 Å². The Bertz CT molecular complexity index is 304. The van der Waals surface area contributed by atoms with Crippen LogP contribution in [0.4, 0.5) is 0 Å². The van der Waals surface area contributed by atoms with Crippen molar-refractivity contribution < 1.29 is 14.3 Å². The first-order valence-electron chi connectivity index (χ1n) is 6.01. The number of nitrogens with one attached hydrogen (secondary N) is 1. The summed E-state index contributed by atoms with van der Waals surface area (Å²) in [5.74, 6) is 0.117. The van der Waals surface area contributed by atoms with E-state index in [1.807, 2.05) is 13.8 Å². The van der Waals surface area contributed by atoms with Gasteiger partial charge in [-0.3, -0.25) is 9.59 Å². The Morgan fingerprint density at radius 1 is 1.35 bits per heavy atom. The first-order valence-corrected chi connectivity index (χ1v) is 6.01. The highest BCUT2D eigenvalue weighted by Gasteiger charge is 2.40. The molecule has 1 aliphatic heterocycles. The molecule has 1 saturated heterocycles. The van der Waals surface area contributed by atoms with Gasteiger partial charge < -0.3 is 15.0 Å². The monoisotopic (exact) mass is 242 g/mol. The average molecular weight is 242 g/mol. The van der Waals surface area contributed by atoms with Crippen LogP contribution in [0.5, 0.6) is 0 Å². The highest BCUT2D eigenvalue weighted by molar-refractivity contribution is 5.96. The predicted octanol–water partition coefficient (Wildman–Crippen LogP) is 0.393. The molecule has 1 N–H and O–H groups in total. The third-order valence-electron chi connectivity index (χ3n) is 3.24. The quantitative estimate of drug-likeness (QED) is 0.776. The van der Waals surface area contributed by atoms with Crippen molar-refractivity contribution in [3.05, 3.63) is 0 Å². The van der Waals surface area contributed by atoms with Crippen molar-refractivity contribution in [1.29, 1.82) is 0 Å². The Kier molecular flexibility index (Phi) is 4.51. The summed E-state index contributed by atoms with van der Waals surface area (Å²) in [6.07, 6.45) is 0. The molecule has 1 aliphatic rings. The van der Waals surface area contributed by atoms with E-state index in [-0.39, 0.29) is 23.8 Å². The molecule has 1 rings (SSSR count). The minimum atomic E-state index is -0.447. The Labute approximate surface area is 102 Å². The number of amides is 2. The highest BCUT2D eigenvalue weighted by Crippen LogP contribution is 2.19. The maximum atomic E-state index is 12.2. The van der Waals surface area contributed by atoms with Crippen LogP contribution in [-0.2, 0) is 14.3 Å². The summed E-state index contributed by atoms with van der Waals surface area (Å²) in [4.78, 5) is 25.6. The van der Waals surface area contributed by atoms with Gasteiger partial charge in [0.2, 0.25) is 11.8 Å². The smallest absolute Gasteiger partial charge is 0.245 e. The molecule has 0 aromatic carbocycles. The third-order valence-corrected chi connectivity index (χ3v) is 3.24. The summed E-state index contributed by atoms with van der Waals surface area (Å²) in [7, 11) is 1.61. The highest BCUT2D eigenvalue weighted by atomic mass is 16.5. The Morgan fingerprint density at radius 3 is 2.41 bits per heavy atom. The molecule has 98 valence electrons. The van der Waals surface area contributed by atoms with Gasteiger partial charge in [-0.15, -0.1) is 0 Å². The second kappa shape index (κ2) is 5.49. The largest absolute Gasteiger partial charge is 0.383 e. The van der Waals surface area contributed by atoms with Gasteiger partial charge in [0.1, 0.15) is 12.1 Å². The molecule has 5 nitrogen and oxygen atoms in total. The molecule has 17 heavy (non-hydrogen) atoms. The van der Waals surface area contributed by atoms with Gasteiger partial charge >= 0.3 is 0 Å². The van der Waals surface area contributed by atoms with Crippen molar-refractivity contribution in [2.45, 2.75) is 45.8 Å². The fraction of sp³-hybridized carbons (Fsp3) is 0.833. The van der Waals surface area contributed by atoms with Gasteiger partial charge in [-0.05, 0) is 19.8 Å². The van der Waals surface area contributed by atoms with Crippen LogP contribution in [0.15, 0.2) is 0 Å². The summed E-state index contributed by atoms with van der Waals surface area (Å²) in [6, 6.07) is -0.936. The number of nitrogens with zero attached hydrogens (tertiary/aromatic N) is 1. The molecule has 1 heterocycles. The number of hydrogen-bond donors (Lipinski definition) is 1. The standard InChI is InChI=1S/C12H22N2O3/c1-7(2)10(6-17-5)14-9(4)11(15)13-8(3)12(14)16/h7-10H,6H2,1-5H3,(H,13,15). The van der Waals surface area contributed by atoms with Crippen molar-refractivity contribution >= 4 is 11.8 Å². The molecule has 0 aliphatic carbocycles. The predicted molar refractivity (Wildman–Crippen MR) is 64.4 cm³/mol. The van der Waals surface area contributed by atoms with Crippen LogP contribution in [0.1, 0.15) is 27.7 Å². The number of hydrogen-bond acceptors (Lipinski definition) is 3. The maximum Gasteiger partial charge on any atom is 0.245 e. The van der Waals surface area contributed by atoms with E-state index in [0.717, 1.165) is 0 Å². The van der Waals surface area contributed by atoms with Crippen molar-refractivity contribution in [2.24, 2.45) is 5.92 Å². The van der Waals surface area contributed by atoms with Crippen LogP contribution in [0.25, 0.3) is 0 Å². The zero-order chi connectivity index (χ0) is 13.2. The molecule has 0 aromatic heterocycles. The van der Waals surface area contributed by atoms with E-state index in [1.54, 1.807) is 25.9 Å². The summed E-state index contributed by atoms with van der Waals surface area (Å²) in [5.41, 5.74) is 0. The van der Waals surface area contributed by atoms with E-state index in [0.29, 0.717) is 6.61 Å². The van der Waals surface area contributed by atoms with E-state index >= 15 is 0 Å². The number of piperazine rings is 1. The molecule has 0 bridgehead atoms. The number of methoxy groups -OCH3 is 1. The molecule has 3 atom stereocenters. The van der Waals surface area contributed by atoms with E-state index < -0.39 is 12.1 Å². The molecule has 0 saturated carbocycles. The lowest BCUT2D eigenvalue weighted by Crippen LogP contribution is -2.65. The fourth-order valence-corrected chi connectivity index (χ4v) is 2.15. The van der Waals surface area contributed by atoms with Crippen LogP contribution in [0.3, 0.4) is 0 Å². The van der Waals surface area contributed by atoms with E-state index in [4.69, 9.17) is 4.74 Å². The zero-order valence-corrected chi connectivity index (χ0v) is 11.2. The molecular weight excluding hydrogens is 220 g/mol. The Balaban J connectivity index is 2.96. The number of carbonyl (C=O) groups is 2. The van der Waals surface area contributed by atoms with Gasteiger partial charge in [0.25, 0.3) is 0 Å². The van der Waals surface area contributed by atoms with Gasteiger partial charge in [-0.25, -0.2) is 0 Å².